The minimum absolute atomic E-state index is 0.0249. The third-order valence-corrected chi connectivity index (χ3v) is 6.70. The molecule has 9 nitrogen and oxygen atoms in total. The second-order valence-corrected chi connectivity index (χ2v) is 10.6. The highest BCUT2D eigenvalue weighted by molar-refractivity contribution is 7.89. The second-order valence-electron chi connectivity index (χ2n) is 8.45. The van der Waals surface area contributed by atoms with Crippen LogP contribution in [-0.4, -0.2) is 49.3 Å². The largest absolute Gasteiger partial charge is 0.474 e. The average Bonchev–Trinajstić information content (AvgIpc) is 2.79. The Morgan fingerprint density at radius 2 is 2.00 bits per heavy atom. The molecule has 5 rings (SSSR count). The van der Waals surface area contributed by atoms with Gasteiger partial charge in [-0.2, -0.15) is 0 Å². The van der Waals surface area contributed by atoms with Crippen LogP contribution in [0, 0.1) is 6.92 Å². The molecule has 3 aromatic rings. The standard InChI is InChI=1S/C23H26N6O3S/c1-15-20(12-25-22-21(15)24-8-10-32-22)29-9-7-17-11-26-23(28-19(17)13-29)27-18-5-3-16(4-6-18)14-33(2,30)31/h3-6,11-12,24H,7-10,13-14H2,1-2H3,(H,26,27,28). The average molecular weight is 467 g/mol. The summed E-state index contributed by atoms with van der Waals surface area (Å²) in [7, 11) is -3.06. The van der Waals surface area contributed by atoms with Crippen LogP contribution in [0.5, 0.6) is 5.88 Å². The number of fused-ring (bicyclic) bond motifs is 2. The van der Waals surface area contributed by atoms with Crippen LogP contribution in [0.2, 0.25) is 0 Å². The Balaban J connectivity index is 1.33. The van der Waals surface area contributed by atoms with Crippen LogP contribution >= 0.6 is 0 Å². The SMILES string of the molecule is Cc1c(N2CCc3cnc(Nc4ccc(CS(C)(=O)=O)cc4)nc3C2)cnc2c1NCCO2. The van der Waals surface area contributed by atoms with Crippen LogP contribution in [0.4, 0.5) is 23.0 Å². The highest BCUT2D eigenvalue weighted by Gasteiger charge is 2.24. The molecule has 2 N–H and O–H groups in total. The van der Waals surface area contributed by atoms with Crippen molar-refractivity contribution < 1.29 is 13.2 Å². The van der Waals surface area contributed by atoms with Gasteiger partial charge in [0.25, 0.3) is 0 Å². The van der Waals surface area contributed by atoms with Crippen LogP contribution in [-0.2, 0) is 28.6 Å². The summed E-state index contributed by atoms with van der Waals surface area (Å²) in [6.07, 6.45) is 5.85. The molecule has 0 amide bonds. The van der Waals surface area contributed by atoms with Gasteiger partial charge in [-0.1, -0.05) is 12.1 Å². The molecule has 0 fully saturated rings. The molecule has 33 heavy (non-hydrogen) atoms. The van der Waals surface area contributed by atoms with E-state index in [1.54, 1.807) is 12.1 Å². The molecule has 1 aromatic carbocycles. The van der Waals surface area contributed by atoms with Crippen molar-refractivity contribution in [2.45, 2.75) is 25.6 Å². The Bertz CT molecular complexity index is 1290. The first-order valence-corrected chi connectivity index (χ1v) is 12.9. The third kappa shape index (κ3) is 4.70. The Kier molecular flexibility index (Phi) is 5.53. The van der Waals surface area contributed by atoms with Gasteiger partial charge < -0.3 is 20.3 Å². The zero-order valence-corrected chi connectivity index (χ0v) is 19.4. The molecule has 0 radical (unpaired) electrons. The number of hydrogen-bond donors (Lipinski definition) is 2. The second kappa shape index (κ2) is 8.51. The van der Waals surface area contributed by atoms with Crippen LogP contribution in [0.3, 0.4) is 0 Å². The van der Waals surface area contributed by atoms with E-state index < -0.39 is 9.84 Å². The molecule has 0 unspecified atom stereocenters. The summed E-state index contributed by atoms with van der Waals surface area (Å²) < 4.78 is 28.6. The van der Waals surface area contributed by atoms with E-state index in [1.165, 1.54) is 6.26 Å². The minimum atomic E-state index is -3.06. The zero-order valence-electron chi connectivity index (χ0n) is 18.6. The van der Waals surface area contributed by atoms with Gasteiger partial charge in [-0.25, -0.2) is 23.4 Å². The van der Waals surface area contributed by atoms with Crippen molar-refractivity contribution in [1.82, 2.24) is 15.0 Å². The summed E-state index contributed by atoms with van der Waals surface area (Å²) in [6.45, 7) is 5.03. The van der Waals surface area contributed by atoms with E-state index in [4.69, 9.17) is 9.72 Å². The Hall–Kier alpha value is -3.40. The van der Waals surface area contributed by atoms with E-state index in [1.807, 2.05) is 24.5 Å². The molecule has 2 aliphatic rings. The number of nitrogens with one attached hydrogen (secondary N) is 2. The molecule has 2 aliphatic heterocycles. The smallest absolute Gasteiger partial charge is 0.237 e. The fraction of sp³-hybridized carbons (Fsp3) is 0.348. The molecule has 10 heteroatoms. The number of benzene rings is 1. The molecular formula is C23H26N6O3S. The maximum atomic E-state index is 11.5. The summed E-state index contributed by atoms with van der Waals surface area (Å²) in [5, 5.41) is 6.62. The summed E-state index contributed by atoms with van der Waals surface area (Å²) in [6, 6.07) is 7.28. The summed E-state index contributed by atoms with van der Waals surface area (Å²) in [5.41, 5.74) is 6.85. The lowest BCUT2D eigenvalue weighted by atomic mass is 10.0. The van der Waals surface area contributed by atoms with E-state index in [2.05, 4.69) is 32.4 Å². The number of rotatable bonds is 5. The van der Waals surface area contributed by atoms with Gasteiger partial charge in [0.05, 0.1) is 29.9 Å². The first-order valence-electron chi connectivity index (χ1n) is 10.9. The van der Waals surface area contributed by atoms with E-state index in [0.29, 0.717) is 25.0 Å². The third-order valence-electron chi connectivity index (χ3n) is 5.85. The molecule has 4 heterocycles. The lowest BCUT2D eigenvalue weighted by Crippen LogP contribution is -2.32. The minimum Gasteiger partial charge on any atom is -0.474 e. The molecule has 0 saturated heterocycles. The van der Waals surface area contributed by atoms with E-state index in [0.717, 1.165) is 59.0 Å². The van der Waals surface area contributed by atoms with Crippen molar-refractivity contribution in [1.29, 1.82) is 0 Å². The van der Waals surface area contributed by atoms with Crippen LogP contribution in [0.25, 0.3) is 0 Å². The molecule has 0 saturated carbocycles. The first-order chi connectivity index (χ1) is 15.9. The topological polar surface area (TPSA) is 109 Å². The number of sulfone groups is 1. The Labute approximate surface area is 193 Å². The predicted molar refractivity (Wildman–Crippen MR) is 128 cm³/mol. The van der Waals surface area contributed by atoms with E-state index >= 15 is 0 Å². The van der Waals surface area contributed by atoms with Gasteiger partial charge in [0, 0.05) is 36.8 Å². The summed E-state index contributed by atoms with van der Waals surface area (Å²) >= 11 is 0. The van der Waals surface area contributed by atoms with Gasteiger partial charge in [0.1, 0.15) is 12.3 Å². The fourth-order valence-corrected chi connectivity index (χ4v) is 5.01. The van der Waals surface area contributed by atoms with Crippen molar-refractivity contribution in [3.63, 3.8) is 0 Å². The lowest BCUT2D eigenvalue weighted by Gasteiger charge is -2.32. The zero-order chi connectivity index (χ0) is 23.0. The molecule has 0 aliphatic carbocycles. The van der Waals surface area contributed by atoms with Gasteiger partial charge in [0.2, 0.25) is 11.8 Å². The van der Waals surface area contributed by atoms with Gasteiger partial charge in [0.15, 0.2) is 9.84 Å². The van der Waals surface area contributed by atoms with Gasteiger partial charge in [-0.05, 0) is 36.6 Å². The number of hydrogen-bond acceptors (Lipinski definition) is 9. The fourth-order valence-electron chi connectivity index (χ4n) is 4.21. The maximum Gasteiger partial charge on any atom is 0.237 e. The molecular weight excluding hydrogens is 440 g/mol. The summed E-state index contributed by atoms with van der Waals surface area (Å²) in [4.78, 5) is 16.0. The molecule has 0 bridgehead atoms. The predicted octanol–water partition coefficient (Wildman–Crippen LogP) is 2.84. The number of anilines is 4. The first kappa shape index (κ1) is 21.4. The van der Waals surface area contributed by atoms with Crippen molar-refractivity contribution in [3.8, 4) is 5.88 Å². The molecule has 0 atom stereocenters. The van der Waals surface area contributed by atoms with Crippen LogP contribution in [0.1, 0.15) is 22.4 Å². The van der Waals surface area contributed by atoms with Crippen molar-refractivity contribution in [2.24, 2.45) is 0 Å². The number of nitrogens with zero attached hydrogens (tertiary/aromatic N) is 4. The number of pyridine rings is 1. The molecule has 172 valence electrons. The van der Waals surface area contributed by atoms with Gasteiger partial charge in [-0.3, -0.25) is 0 Å². The van der Waals surface area contributed by atoms with E-state index in [9.17, 15) is 8.42 Å². The summed E-state index contributed by atoms with van der Waals surface area (Å²) in [5.74, 6) is 1.20. The lowest BCUT2D eigenvalue weighted by molar-refractivity contribution is 0.310. The van der Waals surface area contributed by atoms with Crippen LogP contribution in [0.15, 0.2) is 36.7 Å². The normalized spacial score (nSPS) is 15.2. The van der Waals surface area contributed by atoms with E-state index in [-0.39, 0.29) is 5.75 Å². The van der Waals surface area contributed by atoms with Crippen molar-refractivity contribution in [3.05, 3.63) is 59.0 Å². The molecule has 0 spiro atoms. The molecule has 2 aromatic heterocycles. The maximum absolute atomic E-state index is 11.5. The van der Waals surface area contributed by atoms with Crippen molar-refractivity contribution in [2.75, 3.05) is 41.5 Å². The highest BCUT2D eigenvalue weighted by Crippen LogP contribution is 2.36. The van der Waals surface area contributed by atoms with Gasteiger partial charge >= 0.3 is 0 Å². The number of ether oxygens (including phenoxy) is 1. The Morgan fingerprint density at radius 3 is 2.79 bits per heavy atom. The quantitative estimate of drug-likeness (QED) is 0.586. The highest BCUT2D eigenvalue weighted by atomic mass is 32.2. The van der Waals surface area contributed by atoms with Crippen LogP contribution < -0.4 is 20.3 Å². The Morgan fingerprint density at radius 1 is 1.18 bits per heavy atom. The monoisotopic (exact) mass is 466 g/mol. The number of aromatic nitrogens is 3. The van der Waals surface area contributed by atoms with Gasteiger partial charge in [-0.15, -0.1) is 0 Å². The van der Waals surface area contributed by atoms with Crippen molar-refractivity contribution >= 4 is 32.8 Å².